The number of carbonyl (C=O) groups is 1. The molecule has 0 N–H and O–H groups in total. The molecule has 0 aliphatic rings. The molecule has 0 saturated carbocycles. The second-order valence-corrected chi connectivity index (χ2v) is 3.90. The minimum atomic E-state index is -0.226. The zero-order valence-electron chi connectivity index (χ0n) is 9.35. The lowest BCUT2D eigenvalue weighted by Crippen LogP contribution is -2.30. The van der Waals surface area contributed by atoms with E-state index in [9.17, 15) is 4.79 Å². The Morgan fingerprint density at radius 1 is 1.23 bits per heavy atom. The van der Waals surface area contributed by atoms with Crippen LogP contribution in [0.5, 0.6) is 0 Å². The quantitative estimate of drug-likeness (QED) is 0.595. The summed E-state index contributed by atoms with van der Waals surface area (Å²) >= 11 is 0. The Balaban J connectivity index is 4.06. The van der Waals surface area contributed by atoms with Crippen LogP contribution in [0.4, 0.5) is 0 Å². The van der Waals surface area contributed by atoms with Crippen molar-refractivity contribution in [1.29, 1.82) is 0 Å². The molecule has 0 saturated heterocycles. The lowest BCUT2D eigenvalue weighted by molar-refractivity contribution is -0.156. The first kappa shape index (κ1) is 12.5. The van der Waals surface area contributed by atoms with Gasteiger partial charge in [-0.05, 0) is 26.2 Å². The fourth-order valence-electron chi connectivity index (χ4n) is 1.65. The zero-order valence-corrected chi connectivity index (χ0v) is 9.35. The Bertz CT molecular complexity index is 154. The molecule has 2 heteroatoms. The van der Waals surface area contributed by atoms with Gasteiger partial charge in [0.25, 0.3) is 0 Å². The van der Waals surface area contributed by atoms with E-state index in [0.29, 0.717) is 0 Å². The van der Waals surface area contributed by atoms with E-state index in [1.165, 1.54) is 6.92 Å². The summed E-state index contributed by atoms with van der Waals surface area (Å²) in [6, 6.07) is 0. The number of hydrogen-bond acceptors (Lipinski definition) is 2. The van der Waals surface area contributed by atoms with Gasteiger partial charge in [0.05, 0.1) is 0 Å². The van der Waals surface area contributed by atoms with Crippen LogP contribution in [0.25, 0.3) is 0 Å². The van der Waals surface area contributed by atoms with E-state index in [-0.39, 0.29) is 11.6 Å². The SMILES string of the molecule is CCCCC(C)(CCC)OC(C)=O. The summed E-state index contributed by atoms with van der Waals surface area (Å²) in [5, 5.41) is 0. The van der Waals surface area contributed by atoms with Crippen molar-refractivity contribution in [1.82, 2.24) is 0 Å². The van der Waals surface area contributed by atoms with Crippen LogP contribution >= 0.6 is 0 Å². The third-order valence-corrected chi connectivity index (χ3v) is 2.23. The molecule has 13 heavy (non-hydrogen) atoms. The van der Waals surface area contributed by atoms with E-state index in [1.807, 2.05) is 6.92 Å². The van der Waals surface area contributed by atoms with Gasteiger partial charge in [-0.25, -0.2) is 0 Å². The molecule has 1 unspecified atom stereocenters. The van der Waals surface area contributed by atoms with Gasteiger partial charge in [-0.1, -0.05) is 26.7 Å². The van der Waals surface area contributed by atoms with E-state index in [0.717, 1.165) is 32.1 Å². The Morgan fingerprint density at radius 3 is 2.23 bits per heavy atom. The molecular formula is C11H22O2. The molecule has 0 spiro atoms. The van der Waals surface area contributed by atoms with Crippen LogP contribution in [0.3, 0.4) is 0 Å². The third kappa shape index (κ3) is 5.67. The Labute approximate surface area is 81.7 Å². The third-order valence-electron chi connectivity index (χ3n) is 2.23. The van der Waals surface area contributed by atoms with Crippen LogP contribution in [-0.4, -0.2) is 11.6 Å². The molecule has 0 rings (SSSR count). The minimum absolute atomic E-state index is 0.160. The first-order valence-electron chi connectivity index (χ1n) is 5.23. The first-order chi connectivity index (χ1) is 6.04. The zero-order chi connectivity index (χ0) is 10.3. The smallest absolute Gasteiger partial charge is 0.303 e. The van der Waals surface area contributed by atoms with Crippen molar-refractivity contribution in [3.8, 4) is 0 Å². The van der Waals surface area contributed by atoms with E-state index < -0.39 is 0 Å². The lowest BCUT2D eigenvalue weighted by Gasteiger charge is -2.28. The average Bonchev–Trinajstić information content (AvgIpc) is 2.00. The second-order valence-electron chi connectivity index (χ2n) is 3.90. The predicted octanol–water partition coefficient (Wildman–Crippen LogP) is 3.30. The van der Waals surface area contributed by atoms with Gasteiger partial charge in [0, 0.05) is 6.92 Å². The topological polar surface area (TPSA) is 26.3 Å². The number of hydrogen-bond donors (Lipinski definition) is 0. The van der Waals surface area contributed by atoms with E-state index in [1.54, 1.807) is 0 Å². The molecule has 0 aromatic carbocycles. The van der Waals surface area contributed by atoms with Crippen molar-refractivity contribution >= 4 is 5.97 Å². The van der Waals surface area contributed by atoms with Crippen molar-refractivity contribution in [2.24, 2.45) is 0 Å². The fraction of sp³-hybridized carbons (Fsp3) is 0.909. The molecule has 0 aromatic heterocycles. The van der Waals surface area contributed by atoms with Gasteiger partial charge >= 0.3 is 5.97 Å². The molecule has 0 amide bonds. The largest absolute Gasteiger partial charge is 0.460 e. The summed E-state index contributed by atoms with van der Waals surface area (Å²) in [5.41, 5.74) is -0.226. The molecule has 0 fully saturated rings. The van der Waals surface area contributed by atoms with Gasteiger partial charge in [0.2, 0.25) is 0 Å². The van der Waals surface area contributed by atoms with Crippen molar-refractivity contribution in [3.05, 3.63) is 0 Å². The maximum Gasteiger partial charge on any atom is 0.303 e. The summed E-state index contributed by atoms with van der Waals surface area (Å²) < 4.78 is 5.34. The van der Waals surface area contributed by atoms with E-state index >= 15 is 0 Å². The van der Waals surface area contributed by atoms with Crippen molar-refractivity contribution < 1.29 is 9.53 Å². The maximum atomic E-state index is 10.9. The van der Waals surface area contributed by atoms with Gasteiger partial charge in [-0.15, -0.1) is 0 Å². The monoisotopic (exact) mass is 186 g/mol. The van der Waals surface area contributed by atoms with E-state index in [2.05, 4.69) is 13.8 Å². The average molecular weight is 186 g/mol. The van der Waals surface area contributed by atoms with Crippen LogP contribution in [0.15, 0.2) is 0 Å². The van der Waals surface area contributed by atoms with Crippen LogP contribution in [0.2, 0.25) is 0 Å². The Morgan fingerprint density at radius 2 is 1.85 bits per heavy atom. The first-order valence-corrected chi connectivity index (χ1v) is 5.23. The highest BCUT2D eigenvalue weighted by molar-refractivity contribution is 5.66. The van der Waals surface area contributed by atoms with Crippen LogP contribution in [0, 0.1) is 0 Å². The van der Waals surface area contributed by atoms with Crippen molar-refractivity contribution in [2.45, 2.75) is 65.4 Å². The molecular weight excluding hydrogens is 164 g/mol. The van der Waals surface area contributed by atoms with Crippen molar-refractivity contribution in [2.75, 3.05) is 0 Å². The number of carbonyl (C=O) groups excluding carboxylic acids is 1. The maximum absolute atomic E-state index is 10.9. The molecule has 0 radical (unpaired) electrons. The van der Waals surface area contributed by atoms with Crippen LogP contribution < -0.4 is 0 Å². The highest BCUT2D eigenvalue weighted by atomic mass is 16.6. The molecule has 0 aliphatic heterocycles. The number of ether oxygens (including phenoxy) is 1. The lowest BCUT2D eigenvalue weighted by atomic mass is 9.94. The summed E-state index contributed by atoms with van der Waals surface area (Å²) in [7, 11) is 0. The molecule has 2 nitrogen and oxygen atoms in total. The predicted molar refractivity (Wildman–Crippen MR) is 54.6 cm³/mol. The summed E-state index contributed by atoms with van der Waals surface area (Å²) in [6.07, 6.45) is 5.29. The molecule has 78 valence electrons. The van der Waals surface area contributed by atoms with Gasteiger partial charge in [-0.2, -0.15) is 0 Å². The number of esters is 1. The molecule has 0 heterocycles. The standard InChI is InChI=1S/C11H22O2/c1-5-7-9-11(4,8-6-2)13-10(3)12/h5-9H2,1-4H3. The number of unbranched alkanes of at least 4 members (excludes halogenated alkanes) is 1. The van der Waals surface area contributed by atoms with Gasteiger partial charge in [0.15, 0.2) is 0 Å². The highest BCUT2D eigenvalue weighted by Gasteiger charge is 2.25. The van der Waals surface area contributed by atoms with Crippen molar-refractivity contribution in [3.63, 3.8) is 0 Å². The summed E-state index contributed by atoms with van der Waals surface area (Å²) in [4.78, 5) is 10.9. The minimum Gasteiger partial charge on any atom is -0.460 e. The van der Waals surface area contributed by atoms with Gasteiger partial charge in [-0.3, -0.25) is 4.79 Å². The molecule has 0 aromatic rings. The highest BCUT2D eigenvalue weighted by Crippen LogP contribution is 2.24. The van der Waals surface area contributed by atoms with E-state index in [4.69, 9.17) is 4.74 Å². The summed E-state index contributed by atoms with van der Waals surface area (Å²) in [5.74, 6) is -0.160. The molecule has 1 atom stereocenters. The van der Waals surface area contributed by atoms with Gasteiger partial charge in [0.1, 0.15) is 5.60 Å². The summed E-state index contributed by atoms with van der Waals surface area (Å²) in [6.45, 7) is 7.79. The second kappa shape index (κ2) is 6.01. The van der Waals surface area contributed by atoms with Crippen LogP contribution in [0.1, 0.15) is 59.8 Å². The fourth-order valence-corrected chi connectivity index (χ4v) is 1.65. The Kier molecular flexibility index (Phi) is 5.76. The van der Waals surface area contributed by atoms with Crippen LogP contribution in [-0.2, 0) is 9.53 Å². The van der Waals surface area contributed by atoms with Gasteiger partial charge < -0.3 is 4.74 Å². The normalized spacial score (nSPS) is 15.1. The Hall–Kier alpha value is -0.530. The molecule has 0 bridgehead atoms. The number of rotatable bonds is 6. The molecule has 0 aliphatic carbocycles.